The Bertz CT molecular complexity index is 1090. The highest BCUT2D eigenvalue weighted by molar-refractivity contribution is 5.91. The largest absolute Gasteiger partial charge is 0.455 e. The summed E-state index contributed by atoms with van der Waals surface area (Å²) in [4.78, 5) is 17.1. The third-order valence-corrected chi connectivity index (χ3v) is 4.71. The molecule has 27 heavy (non-hydrogen) atoms. The number of fused-ring (bicyclic) bond motifs is 1. The number of benzene rings is 1. The molecule has 0 aliphatic rings. The molecule has 0 atom stereocenters. The molecule has 0 aliphatic heterocycles. The first-order valence-corrected chi connectivity index (χ1v) is 8.88. The van der Waals surface area contributed by atoms with Crippen molar-refractivity contribution in [1.29, 1.82) is 0 Å². The normalized spacial score (nSPS) is 11.1. The van der Waals surface area contributed by atoms with E-state index >= 15 is 0 Å². The van der Waals surface area contributed by atoms with Gasteiger partial charge in [0.1, 0.15) is 12.3 Å². The van der Waals surface area contributed by atoms with Crippen molar-refractivity contribution in [3.05, 3.63) is 89.1 Å². The predicted octanol–water partition coefficient (Wildman–Crippen LogP) is 4.41. The van der Waals surface area contributed by atoms with Gasteiger partial charge in [0.25, 0.3) is 0 Å². The summed E-state index contributed by atoms with van der Waals surface area (Å²) in [5.41, 5.74) is 6.25. The van der Waals surface area contributed by atoms with E-state index in [1.165, 1.54) is 5.56 Å². The van der Waals surface area contributed by atoms with Crippen molar-refractivity contribution in [1.82, 2.24) is 14.0 Å². The average Bonchev–Trinajstić information content (AvgIpc) is 3.21. The van der Waals surface area contributed by atoms with Crippen LogP contribution in [0.2, 0.25) is 0 Å². The first-order valence-electron chi connectivity index (χ1n) is 8.88. The zero-order valence-electron chi connectivity index (χ0n) is 15.6. The van der Waals surface area contributed by atoms with E-state index in [0.717, 1.165) is 28.4 Å². The maximum Gasteiger partial charge on any atom is 0.340 e. The first-order chi connectivity index (χ1) is 13.0. The van der Waals surface area contributed by atoms with Crippen molar-refractivity contribution in [2.24, 2.45) is 0 Å². The molecule has 0 amide bonds. The van der Waals surface area contributed by atoms with E-state index in [1.54, 1.807) is 0 Å². The van der Waals surface area contributed by atoms with Gasteiger partial charge in [-0.3, -0.25) is 0 Å². The summed E-state index contributed by atoms with van der Waals surface area (Å²) in [6.07, 6.45) is 3.79. The van der Waals surface area contributed by atoms with Crippen molar-refractivity contribution >= 4 is 11.6 Å². The number of ether oxygens (including phenoxy) is 1. The Morgan fingerprint density at radius 1 is 1.07 bits per heavy atom. The second kappa shape index (κ2) is 6.76. The molecule has 0 radical (unpaired) electrons. The van der Waals surface area contributed by atoms with Gasteiger partial charge in [0.15, 0.2) is 0 Å². The molecular formula is C22H21N3O2. The highest BCUT2D eigenvalue weighted by Gasteiger charge is 2.18. The Morgan fingerprint density at radius 2 is 1.85 bits per heavy atom. The van der Waals surface area contributed by atoms with Gasteiger partial charge in [-0.1, -0.05) is 23.8 Å². The van der Waals surface area contributed by atoms with Crippen LogP contribution in [0.15, 0.2) is 60.9 Å². The lowest BCUT2D eigenvalue weighted by atomic mass is 10.2. The molecule has 3 aromatic heterocycles. The summed E-state index contributed by atoms with van der Waals surface area (Å²) in [7, 11) is 0. The molecule has 4 rings (SSSR count). The maximum atomic E-state index is 12.6. The Balaban J connectivity index is 1.55. The minimum Gasteiger partial charge on any atom is -0.455 e. The number of rotatable bonds is 4. The van der Waals surface area contributed by atoms with Gasteiger partial charge in [-0.25, -0.2) is 9.78 Å². The fourth-order valence-corrected chi connectivity index (χ4v) is 3.33. The van der Waals surface area contributed by atoms with Crippen LogP contribution in [0.1, 0.15) is 33.0 Å². The molecule has 0 bridgehead atoms. The summed E-state index contributed by atoms with van der Waals surface area (Å²) < 4.78 is 9.50. The molecule has 3 heterocycles. The molecule has 0 aliphatic carbocycles. The Kier molecular flexibility index (Phi) is 4.28. The number of carbonyl (C=O) groups excluding carboxylic acids is 1. The summed E-state index contributed by atoms with van der Waals surface area (Å²) in [5.74, 6) is -0.335. The monoisotopic (exact) mass is 359 g/mol. The second-order valence-corrected chi connectivity index (χ2v) is 6.73. The third kappa shape index (κ3) is 3.24. The van der Waals surface area contributed by atoms with E-state index in [4.69, 9.17) is 4.74 Å². The zero-order valence-corrected chi connectivity index (χ0v) is 15.6. The molecule has 0 N–H and O–H groups in total. The van der Waals surface area contributed by atoms with Gasteiger partial charge >= 0.3 is 5.97 Å². The molecule has 5 heteroatoms. The lowest BCUT2D eigenvalue weighted by molar-refractivity contribution is 0.0467. The van der Waals surface area contributed by atoms with E-state index in [2.05, 4.69) is 40.7 Å². The number of hydrogen-bond acceptors (Lipinski definition) is 3. The molecule has 1 aromatic carbocycles. The molecule has 5 nitrogen and oxygen atoms in total. The minimum atomic E-state index is -0.335. The van der Waals surface area contributed by atoms with Gasteiger partial charge in [0.05, 0.1) is 11.3 Å². The van der Waals surface area contributed by atoms with Gasteiger partial charge in [-0.15, -0.1) is 0 Å². The lowest BCUT2D eigenvalue weighted by Crippen LogP contribution is -2.07. The zero-order chi connectivity index (χ0) is 19.0. The van der Waals surface area contributed by atoms with Gasteiger partial charge in [0.2, 0.25) is 0 Å². The maximum absolute atomic E-state index is 12.6. The van der Waals surface area contributed by atoms with Crippen LogP contribution in [0.4, 0.5) is 0 Å². The van der Waals surface area contributed by atoms with Gasteiger partial charge < -0.3 is 13.7 Å². The van der Waals surface area contributed by atoms with E-state index in [9.17, 15) is 4.79 Å². The fraction of sp³-hybridized carbons (Fsp3) is 0.182. The number of hydrogen-bond donors (Lipinski definition) is 0. The molecule has 0 spiro atoms. The van der Waals surface area contributed by atoms with Crippen LogP contribution in [-0.2, 0) is 11.3 Å². The molecule has 136 valence electrons. The van der Waals surface area contributed by atoms with Crippen LogP contribution in [0.5, 0.6) is 0 Å². The van der Waals surface area contributed by atoms with Gasteiger partial charge in [0, 0.05) is 29.5 Å². The molecule has 0 fully saturated rings. The van der Waals surface area contributed by atoms with Crippen LogP contribution in [0.25, 0.3) is 11.3 Å². The second-order valence-electron chi connectivity index (χ2n) is 6.73. The standard InChI is InChI=1S/C22H21N3O2/c1-15-7-9-19(10-8-15)25-16(2)12-20(17(25)3)22(26)27-14-18-13-24-11-5-4-6-21(24)23-18/h4-13H,14H2,1-3H3. The SMILES string of the molecule is Cc1ccc(-n2c(C)cc(C(=O)OCc3cn4ccccc4n3)c2C)cc1. The Morgan fingerprint density at radius 3 is 2.59 bits per heavy atom. The van der Waals surface area contributed by atoms with Crippen molar-refractivity contribution < 1.29 is 9.53 Å². The van der Waals surface area contributed by atoms with Gasteiger partial charge in [-0.05, 0) is 51.1 Å². The number of esters is 1. The molecule has 0 saturated carbocycles. The number of pyridine rings is 1. The first kappa shape index (κ1) is 17.1. The van der Waals surface area contributed by atoms with E-state index < -0.39 is 0 Å². The average molecular weight is 359 g/mol. The van der Waals surface area contributed by atoms with Crippen molar-refractivity contribution in [2.75, 3.05) is 0 Å². The summed E-state index contributed by atoms with van der Waals surface area (Å²) in [5, 5.41) is 0. The van der Waals surface area contributed by atoms with Crippen molar-refractivity contribution in [2.45, 2.75) is 27.4 Å². The minimum absolute atomic E-state index is 0.148. The highest BCUT2D eigenvalue weighted by atomic mass is 16.5. The third-order valence-electron chi connectivity index (χ3n) is 4.71. The van der Waals surface area contributed by atoms with Gasteiger partial charge in [-0.2, -0.15) is 0 Å². The summed E-state index contributed by atoms with van der Waals surface area (Å²) >= 11 is 0. The van der Waals surface area contributed by atoms with Crippen LogP contribution < -0.4 is 0 Å². The Hall–Kier alpha value is -3.34. The smallest absolute Gasteiger partial charge is 0.340 e. The Labute approximate surface area is 157 Å². The molecular weight excluding hydrogens is 338 g/mol. The lowest BCUT2D eigenvalue weighted by Gasteiger charge is -2.10. The summed E-state index contributed by atoms with van der Waals surface area (Å²) in [6.45, 7) is 6.14. The summed E-state index contributed by atoms with van der Waals surface area (Å²) in [6, 6.07) is 15.9. The van der Waals surface area contributed by atoms with E-state index in [-0.39, 0.29) is 12.6 Å². The number of aryl methyl sites for hydroxylation is 2. The molecule has 0 unspecified atom stereocenters. The molecule has 4 aromatic rings. The van der Waals surface area contributed by atoms with Crippen LogP contribution in [0.3, 0.4) is 0 Å². The number of carbonyl (C=O) groups is 1. The number of aromatic nitrogens is 3. The van der Waals surface area contributed by atoms with E-state index in [1.807, 2.05) is 54.9 Å². The van der Waals surface area contributed by atoms with E-state index in [0.29, 0.717) is 5.56 Å². The number of nitrogens with zero attached hydrogens (tertiary/aromatic N) is 3. The van der Waals surface area contributed by atoms with Crippen molar-refractivity contribution in [3.8, 4) is 5.69 Å². The van der Waals surface area contributed by atoms with Crippen LogP contribution >= 0.6 is 0 Å². The van der Waals surface area contributed by atoms with Crippen molar-refractivity contribution in [3.63, 3.8) is 0 Å². The van der Waals surface area contributed by atoms with Crippen LogP contribution in [-0.4, -0.2) is 19.9 Å². The topological polar surface area (TPSA) is 48.5 Å². The highest BCUT2D eigenvalue weighted by Crippen LogP contribution is 2.22. The molecule has 0 saturated heterocycles. The van der Waals surface area contributed by atoms with Crippen LogP contribution in [0, 0.1) is 20.8 Å². The number of imidazole rings is 1. The fourth-order valence-electron chi connectivity index (χ4n) is 3.33. The quantitative estimate of drug-likeness (QED) is 0.507. The predicted molar refractivity (Wildman–Crippen MR) is 104 cm³/mol.